The van der Waals surface area contributed by atoms with Crippen molar-refractivity contribution in [3.05, 3.63) is 0 Å². The molecule has 88 valence electrons. The molecule has 1 saturated carbocycles. The molecule has 1 fully saturated rings. The van der Waals surface area contributed by atoms with Gasteiger partial charge in [0.1, 0.15) is 0 Å². The number of hydrogen-bond donors (Lipinski definition) is 1. The van der Waals surface area contributed by atoms with Crippen molar-refractivity contribution in [2.45, 2.75) is 38.8 Å². The largest absolute Gasteiger partial charge is 0.391 e. The normalized spacial score (nSPS) is 29.9. The molecule has 0 aliphatic heterocycles. The standard InChI is InChI=1S/C10H16F3NO/c1-6(9(14)15)7-2-4-8(5-3-7)10(11,12)13/h6-8H,2-5H2,1H3,(H2,14,15). The lowest BCUT2D eigenvalue weighted by Crippen LogP contribution is -2.33. The van der Waals surface area contributed by atoms with Gasteiger partial charge in [0.15, 0.2) is 0 Å². The van der Waals surface area contributed by atoms with Crippen LogP contribution in [-0.4, -0.2) is 12.1 Å². The fraction of sp³-hybridized carbons (Fsp3) is 0.900. The average molecular weight is 223 g/mol. The number of hydrogen-bond acceptors (Lipinski definition) is 1. The Morgan fingerprint density at radius 2 is 1.73 bits per heavy atom. The lowest BCUT2D eigenvalue weighted by atomic mass is 9.76. The molecule has 15 heavy (non-hydrogen) atoms. The first-order chi connectivity index (χ1) is 6.82. The van der Waals surface area contributed by atoms with Gasteiger partial charge >= 0.3 is 6.18 Å². The molecule has 0 radical (unpaired) electrons. The van der Waals surface area contributed by atoms with Crippen molar-refractivity contribution >= 4 is 5.91 Å². The van der Waals surface area contributed by atoms with Crippen molar-refractivity contribution in [1.29, 1.82) is 0 Å². The van der Waals surface area contributed by atoms with Crippen LogP contribution in [0.15, 0.2) is 0 Å². The highest BCUT2D eigenvalue weighted by Crippen LogP contribution is 2.41. The highest BCUT2D eigenvalue weighted by Gasteiger charge is 2.42. The summed E-state index contributed by atoms with van der Waals surface area (Å²) in [4.78, 5) is 10.9. The van der Waals surface area contributed by atoms with Crippen LogP contribution in [-0.2, 0) is 4.79 Å². The maximum absolute atomic E-state index is 12.3. The fourth-order valence-electron chi connectivity index (χ4n) is 2.18. The van der Waals surface area contributed by atoms with Gasteiger partial charge in [-0.1, -0.05) is 6.92 Å². The first-order valence-electron chi connectivity index (χ1n) is 5.18. The number of primary amides is 1. The van der Waals surface area contributed by atoms with Crippen molar-refractivity contribution in [3.63, 3.8) is 0 Å². The third kappa shape index (κ3) is 3.11. The van der Waals surface area contributed by atoms with Crippen LogP contribution in [0.3, 0.4) is 0 Å². The summed E-state index contributed by atoms with van der Waals surface area (Å²) >= 11 is 0. The number of alkyl halides is 3. The minimum absolute atomic E-state index is 0.0288. The lowest BCUT2D eigenvalue weighted by molar-refractivity contribution is -0.184. The zero-order valence-corrected chi connectivity index (χ0v) is 8.68. The van der Waals surface area contributed by atoms with Crippen LogP contribution in [0.2, 0.25) is 0 Å². The van der Waals surface area contributed by atoms with Gasteiger partial charge in [0.05, 0.1) is 5.92 Å². The summed E-state index contributed by atoms with van der Waals surface area (Å²) in [7, 11) is 0. The molecule has 0 saturated heterocycles. The van der Waals surface area contributed by atoms with Gasteiger partial charge in [0, 0.05) is 5.92 Å². The van der Waals surface area contributed by atoms with Gasteiger partial charge in [-0.2, -0.15) is 13.2 Å². The summed E-state index contributed by atoms with van der Waals surface area (Å²) in [6.07, 6.45) is -2.92. The van der Waals surface area contributed by atoms with Gasteiger partial charge in [-0.25, -0.2) is 0 Å². The smallest absolute Gasteiger partial charge is 0.369 e. The Balaban J connectivity index is 2.46. The highest BCUT2D eigenvalue weighted by atomic mass is 19.4. The van der Waals surface area contributed by atoms with Crippen LogP contribution in [0.4, 0.5) is 13.2 Å². The van der Waals surface area contributed by atoms with Crippen molar-refractivity contribution < 1.29 is 18.0 Å². The Morgan fingerprint density at radius 1 is 1.27 bits per heavy atom. The molecule has 0 aromatic heterocycles. The zero-order chi connectivity index (χ0) is 11.6. The number of carbonyl (C=O) groups is 1. The third-order valence-corrected chi connectivity index (χ3v) is 3.39. The van der Waals surface area contributed by atoms with E-state index in [4.69, 9.17) is 5.73 Å². The molecule has 1 atom stereocenters. The van der Waals surface area contributed by atoms with E-state index in [1.54, 1.807) is 6.92 Å². The second-order valence-electron chi connectivity index (χ2n) is 4.34. The summed E-state index contributed by atoms with van der Waals surface area (Å²) in [5.74, 6) is -1.88. The Morgan fingerprint density at radius 3 is 2.07 bits per heavy atom. The molecule has 2 N–H and O–H groups in total. The van der Waals surface area contributed by atoms with E-state index >= 15 is 0 Å². The van der Waals surface area contributed by atoms with Crippen LogP contribution in [0.25, 0.3) is 0 Å². The van der Waals surface area contributed by atoms with Gasteiger partial charge < -0.3 is 5.73 Å². The molecule has 0 spiro atoms. The average Bonchev–Trinajstić information content (AvgIpc) is 2.15. The second kappa shape index (κ2) is 4.41. The molecular formula is C10H16F3NO. The van der Waals surface area contributed by atoms with E-state index in [2.05, 4.69) is 0 Å². The predicted molar refractivity (Wildman–Crippen MR) is 49.9 cm³/mol. The van der Waals surface area contributed by atoms with Crippen molar-refractivity contribution in [2.75, 3.05) is 0 Å². The minimum Gasteiger partial charge on any atom is -0.369 e. The van der Waals surface area contributed by atoms with Gasteiger partial charge in [-0.3, -0.25) is 4.79 Å². The molecular weight excluding hydrogens is 207 g/mol. The van der Waals surface area contributed by atoms with Crippen LogP contribution in [0, 0.1) is 17.8 Å². The van der Waals surface area contributed by atoms with E-state index in [1.807, 2.05) is 0 Å². The first kappa shape index (κ1) is 12.3. The van der Waals surface area contributed by atoms with Crippen molar-refractivity contribution in [3.8, 4) is 0 Å². The molecule has 1 amide bonds. The van der Waals surface area contributed by atoms with E-state index in [0.717, 1.165) is 0 Å². The van der Waals surface area contributed by atoms with Crippen molar-refractivity contribution in [1.82, 2.24) is 0 Å². The van der Waals surface area contributed by atoms with E-state index in [0.29, 0.717) is 12.8 Å². The number of halogens is 3. The molecule has 1 rings (SSSR count). The minimum atomic E-state index is -4.08. The van der Waals surface area contributed by atoms with Crippen LogP contribution in [0.5, 0.6) is 0 Å². The molecule has 1 aliphatic carbocycles. The predicted octanol–water partition coefficient (Wildman–Crippen LogP) is 2.48. The van der Waals surface area contributed by atoms with Crippen LogP contribution < -0.4 is 5.73 Å². The van der Waals surface area contributed by atoms with Crippen molar-refractivity contribution in [2.24, 2.45) is 23.5 Å². The SMILES string of the molecule is CC(C(N)=O)C1CCC(C(F)(F)F)CC1. The zero-order valence-electron chi connectivity index (χ0n) is 8.68. The topological polar surface area (TPSA) is 43.1 Å². The number of carbonyl (C=O) groups excluding carboxylic acids is 1. The monoisotopic (exact) mass is 223 g/mol. The van der Waals surface area contributed by atoms with Gasteiger partial charge in [-0.05, 0) is 31.6 Å². The maximum Gasteiger partial charge on any atom is 0.391 e. The molecule has 2 nitrogen and oxygen atoms in total. The maximum atomic E-state index is 12.3. The second-order valence-corrected chi connectivity index (χ2v) is 4.34. The van der Waals surface area contributed by atoms with Gasteiger partial charge in [0.2, 0.25) is 5.91 Å². The Labute approximate surface area is 87.0 Å². The Kier molecular flexibility index (Phi) is 3.62. The summed E-state index contributed by atoms with van der Waals surface area (Å²) in [6, 6.07) is 0. The molecule has 1 aliphatic rings. The number of rotatable bonds is 2. The summed E-state index contributed by atoms with van der Waals surface area (Å²) in [6.45, 7) is 1.70. The molecule has 0 bridgehead atoms. The lowest BCUT2D eigenvalue weighted by Gasteiger charge is -2.31. The van der Waals surface area contributed by atoms with Crippen LogP contribution in [0.1, 0.15) is 32.6 Å². The molecule has 0 aromatic rings. The fourth-order valence-corrected chi connectivity index (χ4v) is 2.18. The van der Waals surface area contributed by atoms with E-state index < -0.39 is 18.0 Å². The molecule has 0 heterocycles. The first-order valence-corrected chi connectivity index (χ1v) is 5.18. The van der Waals surface area contributed by atoms with Crippen LogP contribution >= 0.6 is 0 Å². The molecule has 0 aromatic carbocycles. The van der Waals surface area contributed by atoms with E-state index in [-0.39, 0.29) is 24.7 Å². The third-order valence-electron chi connectivity index (χ3n) is 3.39. The highest BCUT2D eigenvalue weighted by molar-refractivity contribution is 5.76. The summed E-state index contributed by atoms with van der Waals surface area (Å²) < 4.78 is 37.0. The molecule has 1 unspecified atom stereocenters. The summed E-state index contributed by atoms with van der Waals surface area (Å²) in [5, 5.41) is 0. The number of amides is 1. The van der Waals surface area contributed by atoms with Gasteiger partial charge in [-0.15, -0.1) is 0 Å². The quantitative estimate of drug-likeness (QED) is 0.767. The Hall–Kier alpha value is -0.740. The summed E-state index contributed by atoms with van der Waals surface area (Å²) in [5.41, 5.74) is 5.13. The number of nitrogens with two attached hydrogens (primary N) is 1. The van der Waals surface area contributed by atoms with E-state index in [9.17, 15) is 18.0 Å². The van der Waals surface area contributed by atoms with Gasteiger partial charge in [0.25, 0.3) is 0 Å². The van der Waals surface area contributed by atoms with E-state index in [1.165, 1.54) is 0 Å². The Bertz CT molecular complexity index is 231. The molecule has 5 heteroatoms.